The lowest BCUT2D eigenvalue weighted by molar-refractivity contribution is -0.133. The van der Waals surface area contributed by atoms with Crippen molar-refractivity contribution < 1.29 is 22.7 Å². The van der Waals surface area contributed by atoms with Gasteiger partial charge in [-0.3, -0.25) is 4.79 Å². The van der Waals surface area contributed by atoms with Crippen molar-refractivity contribution in [2.45, 2.75) is 31.3 Å². The van der Waals surface area contributed by atoms with Gasteiger partial charge >= 0.3 is 5.97 Å². The number of amides is 1. The summed E-state index contributed by atoms with van der Waals surface area (Å²) in [6.07, 6.45) is 0. The molecule has 9 heteroatoms. The maximum Gasteiger partial charge on any atom is 0.338 e. The van der Waals surface area contributed by atoms with E-state index in [0.29, 0.717) is 6.54 Å². The summed E-state index contributed by atoms with van der Waals surface area (Å²) in [4.78, 5) is 28.1. The third-order valence-electron chi connectivity index (χ3n) is 4.40. The molecule has 0 saturated heterocycles. The summed E-state index contributed by atoms with van der Waals surface area (Å²) in [6.45, 7) is 3.34. The Kier molecular flexibility index (Phi) is 8.18. The smallest absolute Gasteiger partial charge is 0.338 e. The SMILES string of the molecule is CC(C)NS(=O)(=O)c1cccc(C(=O)OCC(=O)N(C)Cc2ccc(N(C)C)cc2)c1. The van der Waals surface area contributed by atoms with Crippen molar-refractivity contribution in [2.24, 2.45) is 0 Å². The Labute approximate surface area is 183 Å². The molecule has 0 aromatic heterocycles. The van der Waals surface area contributed by atoms with Gasteiger partial charge in [0, 0.05) is 39.4 Å². The van der Waals surface area contributed by atoms with Crippen molar-refractivity contribution in [2.75, 3.05) is 32.6 Å². The first-order chi connectivity index (χ1) is 14.5. The van der Waals surface area contributed by atoms with E-state index in [2.05, 4.69) is 4.72 Å². The predicted molar refractivity (Wildman–Crippen MR) is 119 cm³/mol. The van der Waals surface area contributed by atoms with Crippen LogP contribution in [0.3, 0.4) is 0 Å². The van der Waals surface area contributed by atoms with Crippen molar-refractivity contribution in [3.05, 3.63) is 59.7 Å². The molecule has 0 bridgehead atoms. The zero-order valence-corrected chi connectivity index (χ0v) is 19.3. The first kappa shape index (κ1) is 24.4. The maximum absolute atomic E-state index is 12.3. The van der Waals surface area contributed by atoms with Crippen LogP contribution in [0.4, 0.5) is 5.69 Å². The number of rotatable bonds is 9. The van der Waals surface area contributed by atoms with Gasteiger partial charge in [0.1, 0.15) is 0 Å². The normalized spacial score (nSPS) is 11.3. The quantitative estimate of drug-likeness (QED) is 0.593. The van der Waals surface area contributed by atoms with E-state index >= 15 is 0 Å². The largest absolute Gasteiger partial charge is 0.452 e. The molecule has 0 unspecified atom stereocenters. The summed E-state index contributed by atoms with van der Waals surface area (Å²) >= 11 is 0. The van der Waals surface area contributed by atoms with Crippen LogP contribution >= 0.6 is 0 Å². The molecule has 0 aliphatic heterocycles. The average Bonchev–Trinajstić information content (AvgIpc) is 2.71. The van der Waals surface area contributed by atoms with E-state index in [0.717, 1.165) is 11.3 Å². The van der Waals surface area contributed by atoms with Crippen LogP contribution in [-0.2, 0) is 26.1 Å². The molecule has 31 heavy (non-hydrogen) atoms. The molecule has 2 rings (SSSR count). The molecule has 0 spiro atoms. The summed E-state index contributed by atoms with van der Waals surface area (Å²) in [5, 5.41) is 0. The highest BCUT2D eigenvalue weighted by Crippen LogP contribution is 2.15. The number of hydrogen-bond acceptors (Lipinski definition) is 6. The lowest BCUT2D eigenvalue weighted by Crippen LogP contribution is -2.31. The molecule has 8 nitrogen and oxygen atoms in total. The van der Waals surface area contributed by atoms with Gasteiger partial charge in [-0.1, -0.05) is 18.2 Å². The van der Waals surface area contributed by atoms with E-state index in [1.54, 1.807) is 20.9 Å². The van der Waals surface area contributed by atoms with Gasteiger partial charge < -0.3 is 14.5 Å². The summed E-state index contributed by atoms with van der Waals surface area (Å²) in [5.41, 5.74) is 2.06. The van der Waals surface area contributed by atoms with Gasteiger partial charge in [0.15, 0.2) is 6.61 Å². The van der Waals surface area contributed by atoms with E-state index in [4.69, 9.17) is 4.74 Å². The van der Waals surface area contributed by atoms with Crippen molar-refractivity contribution in [3.8, 4) is 0 Å². The van der Waals surface area contributed by atoms with Crippen LogP contribution in [0.2, 0.25) is 0 Å². The number of nitrogens with zero attached hydrogens (tertiary/aromatic N) is 2. The molecular formula is C22H29N3O5S. The molecule has 0 radical (unpaired) electrons. The van der Waals surface area contributed by atoms with E-state index in [-0.39, 0.29) is 22.4 Å². The molecule has 0 saturated carbocycles. The molecule has 2 aromatic rings. The summed E-state index contributed by atoms with van der Waals surface area (Å²) in [6, 6.07) is 13.0. The fourth-order valence-electron chi connectivity index (χ4n) is 2.75. The fourth-order valence-corrected chi connectivity index (χ4v) is 4.05. The predicted octanol–water partition coefficient (Wildman–Crippen LogP) is 2.25. The topological polar surface area (TPSA) is 96.0 Å². The van der Waals surface area contributed by atoms with E-state index in [9.17, 15) is 18.0 Å². The van der Waals surface area contributed by atoms with Gasteiger partial charge in [-0.05, 0) is 49.7 Å². The number of ether oxygens (including phenoxy) is 1. The third-order valence-corrected chi connectivity index (χ3v) is 6.05. The van der Waals surface area contributed by atoms with Gasteiger partial charge in [-0.2, -0.15) is 0 Å². The first-order valence-corrected chi connectivity index (χ1v) is 11.3. The van der Waals surface area contributed by atoms with Gasteiger partial charge in [0.05, 0.1) is 10.5 Å². The van der Waals surface area contributed by atoms with Crippen LogP contribution in [-0.4, -0.2) is 59.0 Å². The van der Waals surface area contributed by atoms with E-state index in [1.165, 1.54) is 29.2 Å². The maximum atomic E-state index is 12.3. The summed E-state index contributed by atoms with van der Waals surface area (Å²) < 4.78 is 32.1. The highest BCUT2D eigenvalue weighted by Gasteiger charge is 2.19. The van der Waals surface area contributed by atoms with E-state index in [1.807, 2.05) is 43.3 Å². The number of carbonyl (C=O) groups excluding carboxylic acids is 2. The number of carbonyl (C=O) groups is 2. The minimum atomic E-state index is -3.74. The number of benzene rings is 2. The van der Waals surface area contributed by atoms with Crippen molar-refractivity contribution in [3.63, 3.8) is 0 Å². The molecule has 0 aliphatic rings. The van der Waals surface area contributed by atoms with Gasteiger partial charge in [0.25, 0.3) is 5.91 Å². The Morgan fingerprint density at radius 2 is 1.68 bits per heavy atom. The Bertz CT molecular complexity index is 1020. The fraction of sp³-hybridized carbons (Fsp3) is 0.364. The zero-order valence-electron chi connectivity index (χ0n) is 18.5. The molecule has 1 N–H and O–H groups in total. The number of nitrogens with one attached hydrogen (secondary N) is 1. The third kappa shape index (κ3) is 7.08. The lowest BCUT2D eigenvalue weighted by Gasteiger charge is -2.18. The molecule has 0 heterocycles. The van der Waals surface area contributed by atoms with Crippen LogP contribution in [0.1, 0.15) is 29.8 Å². The molecule has 0 fully saturated rings. The highest BCUT2D eigenvalue weighted by atomic mass is 32.2. The van der Waals surface area contributed by atoms with Crippen LogP contribution in [0.5, 0.6) is 0 Å². The molecular weight excluding hydrogens is 418 g/mol. The Morgan fingerprint density at radius 1 is 1.03 bits per heavy atom. The van der Waals surface area contributed by atoms with Crippen LogP contribution in [0, 0.1) is 0 Å². The second-order valence-corrected chi connectivity index (χ2v) is 9.40. The monoisotopic (exact) mass is 447 g/mol. The van der Waals surface area contributed by atoms with Crippen molar-refractivity contribution in [1.82, 2.24) is 9.62 Å². The summed E-state index contributed by atoms with van der Waals surface area (Å²) in [5.74, 6) is -1.13. The number of anilines is 1. The second kappa shape index (κ2) is 10.4. The second-order valence-electron chi connectivity index (χ2n) is 7.69. The Balaban J connectivity index is 1.95. The van der Waals surface area contributed by atoms with Crippen LogP contribution in [0.15, 0.2) is 53.4 Å². The summed E-state index contributed by atoms with van der Waals surface area (Å²) in [7, 11) is 1.79. The minimum Gasteiger partial charge on any atom is -0.452 e. The molecule has 1 amide bonds. The number of esters is 1. The van der Waals surface area contributed by atoms with E-state index < -0.39 is 22.6 Å². The molecule has 0 atom stereocenters. The van der Waals surface area contributed by atoms with Crippen molar-refractivity contribution in [1.29, 1.82) is 0 Å². The van der Waals surface area contributed by atoms with Crippen LogP contribution in [0.25, 0.3) is 0 Å². The van der Waals surface area contributed by atoms with Gasteiger partial charge in [-0.15, -0.1) is 0 Å². The van der Waals surface area contributed by atoms with Gasteiger partial charge in [0.2, 0.25) is 10.0 Å². The van der Waals surface area contributed by atoms with Gasteiger partial charge in [-0.25, -0.2) is 17.9 Å². The number of likely N-dealkylation sites (N-methyl/N-ethyl adjacent to an activating group) is 1. The molecule has 0 aliphatic carbocycles. The van der Waals surface area contributed by atoms with Crippen molar-refractivity contribution >= 4 is 27.6 Å². The minimum absolute atomic E-state index is 0.0414. The first-order valence-electron chi connectivity index (χ1n) is 9.79. The number of sulfonamides is 1. The molecule has 2 aromatic carbocycles. The molecule has 168 valence electrons. The number of hydrogen-bond donors (Lipinski definition) is 1. The Morgan fingerprint density at radius 3 is 2.26 bits per heavy atom. The standard InChI is InChI=1S/C22H29N3O5S/c1-16(2)23-31(28,29)20-8-6-7-18(13-20)22(27)30-15-21(26)25(5)14-17-9-11-19(12-10-17)24(3)4/h6-13,16,23H,14-15H2,1-5H3. The Hall–Kier alpha value is -2.91. The average molecular weight is 448 g/mol. The highest BCUT2D eigenvalue weighted by molar-refractivity contribution is 7.89. The lowest BCUT2D eigenvalue weighted by atomic mass is 10.2. The van der Waals surface area contributed by atoms with Crippen LogP contribution < -0.4 is 9.62 Å². The zero-order chi connectivity index (χ0) is 23.2.